The fraction of sp³-hybridized carbons (Fsp3) is 0.625. The highest BCUT2D eigenvalue weighted by Crippen LogP contribution is 2.12. The van der Waals surface area contributed by atoms with Crippen molar-refractivity contribution in [3.8, 4) is 0 Å². The van der Waals surface area contributed by atoms with Crippen molar-refractivity contribution in [2.75, 3.05) is 20.1 Å². The van der Waals surface area contributed by atoms with Crippen LogP contribution in [0.3, 0.4) is 0 Å². The lowest BCUT2D eigenvalue weighted by Gasteiger charge is -2.20. The van der Waals surface area contributed by atoms with Gasteiger partial charge < -0.3 is 4.90 Å². The van der Waals surface area contributed by atoms with Crippen LogP contribution >= 0.6 is 11.3 Å². The van der Waals surface area contributed by atoms with Gasteiger partial charge in [0.25, 0.3) is 0 Å². The van der Waals surface area contributed by atoms with Crippen LogP contribution in [0.25, 0.3) is 0 Å². The standard InChI is InChI=1S/C16H24N6OS/c1-20(10-14-6-9-24-13-14)16(23)12-22-15(17-18-19-22)11-21-7-4-2-3-5-8-21/h6,9,13H,2-5,7-8,10-12H2,1H3. The average Bonchev–Trinajstić information content (AvgIpc) is 3.15. The Bertz CT molecular complexity index is 633. The molecule has 0 unspecified atom stereocenters. The van der Waals surface area contributed by atoms with E-state index in [1.54, 1.807) is 20.9 Å². The molecule has 0 N–H and O–H groups in total. The zero-order chi connectivity index (χ0) is 16.8. The molecule has 0 atom stereocenters. The van der Waals surface area contributed by atoms with E-state index in [2.05, 4.69) is 25.8 Å². The van der Waals surface area contributed by atoms with Gasteiger partial charge in [-0.1, -0.05) is 12.8 Å². The Morgan fingerprint density at radius 1 is 1.29 bits per heavy atom. The van der Waals surface area contributed by atoms with Gasteiger partial charge in [0.2, 0.25) is 5.91 Å². The number of amides is 1. The van der Waals surface area contributed by atoms with E-state index < -0.39 is 0 Å². The van der Waals surface area contributed by atoms with E-state index in [1.165, 1.54) is 25.7 Å². The molecule has 24 heavy (non-hydrogen) atoms. The van der Waals surface area contributed by atoms with Gasteiger partial charge in [0, 0.05) is 13.6 Å². The van der Waals surface area contributed by atoms with E-state index in [4.69, 9.17) is 0 Å². The quantitative estimate of drug-likeness (QED) is 0.796. The van der Waals surface area contributed by atoms with Crippen LogP contribution in [0.4, 0.5) is 0 Å². The molecule has 0 aromatic carbocycles. The minimum absolute atomic E-state index is 0.0191. The Hall–Kier alpha value is -1.80. The maximum Gasteiger partial charge on any atom is 0.244 e. The summed E-state index contributed by atoms with van der Waals surface area (Å²) in [5.41, 5.74) is 1.15. The number of likely N-dealkylation sites (N-methyl/N-ethyl adjacent to an activating group) is 1. The molecule has 2 aromatic rings. The maximum absolute atomic E-state index is 12.4. The van der Waals surface area contributed by atoms with Crippen molar-refractivity contribution in [1.29, 1.82) is 0 Å². The summed E-state index contributed by atoms with van der Waals surface area (Å²) in [6.45, 7) is 3.69. The lowest BCUT2D eigenvalue weighted by atomic mass is 10.2. The molecular weight excluding hydrogens is 324 g/mol. The first kappa shape index (κ1) is 17.0. The highest BCUT2D eigenvalue weighted by atomic mass is 32.1. The molecular formula is C16H24N6OS. The van der Waals surface area contributed by atoms with E-state index in [9.17, 15) is 4.79 Å². The second-order valence-corrected chi connectivity index (χ2v) is 7.10. The van der Waals surface area contributed by atoms with Crippen LogP contribution in [0.5, 0.6) is 0 Å². The number of carbonyl (C=O) groups is 1. The average molecular weight is 348 g/mol. The summed E-state index contributed by atoms with van der Waals surface area (Å²) in [7, 11) is 1.82. The fourth-order valence-corrected chi connectivity index (χ4v) is 3.61. The highest BCUT2D eigenvalue weighted by molar-refractivity contribution is 7.07. The van der Waals surface area contributed by atoms with Gasteiger partial charge in [0.1, 0.15) is 6.54 Å². The highest BCUT2D eigenvalue weighted by Gasteiger charge is 2.17. The van der Waals surface area contributed by atoms with Crippen molar-refractivity contribution < 1.29 is 4.79 Å². The van der Waals surface area contributed by atoms with Crippen molar-refractivity contribution in [3.63, 3.8) is 0 Å². The lowest BCUT2D eigenvalue weighted by Crippen LogP contribution is -2.32. The fourth-order valence-electron chi connectivity index (χ4n) is 2.95. The van der Waals surface area contributed by atoms with Gasteiger partial charge in [0.05, 0.1) is 6.54 Å². The summed E-state index contributed by atoms with van der Waals surface area (Å²) in [4.78, 5) is 16.5. The summed E-state index contributed by atoms with van der Waals surface area (Å²) in [5, 5.41) is 16.0. The Morgan fingerprint density at radius 2 is 2.08 bits per heavy atom. The van der Waals surface area contributed by atoms with E-state index in [0.717, 1.165) is 24.5 Å². The third-order valence-electron chi connectivity index (χ3n) is 4.38. The molecule has 0 saturated carbocycles. The first-order valence-corrected chi connectivity index (χ1v) is 9.39. The number of hydrogen-bond donors (Lipinski definition) is 0. The van der Waals surface area contributed by atoms with Crippen LogP contribution in [0, 0.1) is 0 Å². The first-order chi connectivity index (χ1) is 11.7. The number of rotatable bonds is 6. The molecule has 1 saturated heterocycles. The van der Waals surface area contributed by atoms with Crippen molar-refractivity contribution >= 4 is 17.2 Å². The molecule has 1 amide bonds. The monoisotopic (exact) mass is 348 g/mol. The Morgan fingerprint density at radius 3 is 2.79 bits per heavy atom. The molecule has 130 valence electrons. The molecule has 2 aromatic heterocycles. The van der Waals surface area contributed by atoms with Crippen LogP contribution in [-0.2, 0) is 24.4 Å². The number of hydrogen-bond acceptors (Lipinski definition) is 6. The maximum atomic E-state index is 12.4. The molecule has 7 nitrogen and oxygen atoms in total. The van der Waals surface area contributed by atoms with Gasteiger partial charge in [-0.05, 0) is 58.7 Å². The number of carbonyl (C=O) groups excluding carboxylic acids is 1. The van der Waals surface area contributed by atoms with Gasteiger partial charge in [-0.15, -0.1) is 5.10 Å². The van der Waals surface area contributed by atoms with Gasteiger partial charge in [0.15, 0.2) is 5.82 Å². The molecule has 1 aliphatic rings. The van der Waals surface area contributed by atoms with Crippen LogP contribution in [0.2, 0.25) is 0 Å². The Labute approximate surface area is 146 Å². The number of tetrazole rings is 1. The normalized spacial score (nSPS) is 16.0. The largest absolute Gasteiger partial charge is 0.340 e. The molecule has 0 aliphatic carbocycles. The van der Waals surface area contributed by atoms with Crippen LogP contribution in [-0.4, -0.2) is 56.1 Å². The molecule has 0 radical (unpaired) electrons. The summed E-state index contributed by atoms with van der Waals surface area (Å²) in [6, 6.07) is 2.04. The lowest BCUT2D eigenvalue weighted by molar-refractivity contribution is -0.131. The molecule has 0 spiro atoms. The predicted molar refractivity (Wildman–Crippen MR) is 92.4 cm³/mol. The van der Waals surface area contributed by atoms with Crippen LogP contribution in [0.1, 0.15) is 37.1 Å². The SMILES string of the molecule is CN(Cc1ccsc1)C(=O)Cn1nnnc1CN1CCCCCC1. The number of likely N-dealkylation sites (tertiary alicyclic amines) is 1. The number of aromatic nitrogens is 4. The first-order valence-electron chi connectivity index (χ1n) is 8.45. The third-order valence-corrected chi connectivity index (χ3v) is 5.11. The summed E-state index contributed by atoms with van der Waals surface area (Å²) >= 11 is 1.64. The summed E-state index contributed by atoms with van der Waals surface area (Å²) in [6.07, 6.45) is 5.05. The summed E-state index contributed by atoms with van der Waals surface area (Å²) < 4.78 is 1.64. The number of thiophene rings is 1. The molecule has 8 heteroatoms. The second-order valence-electron chi connectivity index (χ2n) is 6.32. The smallest absolute Gasteiger partial charge is 0.244 e. The van der Waals surface area contributed by atoms with Crippen LogP contribution in [0.15, 0.2) is 16.8 Å². The zero-order valence-corrected chi connectivity index (χ0v) is 14.9. The van der Waals surface area contributed by atoms with E-state index in [0.29, 0.717) is 13.1 Å². The van der Waals surface area contributed by atoms with Crippen LogP contribution < -0.4 is 0 Å². The minimum Gasteiger partial charge on any atom is -0.340 e. The molecule has 3 rings (SSSR count). The molecule has 1 fully saturated rings. The van der Waals surface area contributed by atoms with Gasteiger partial charge in [-0.25, -0.2) is 4.68 Å². The zero-order valence-electron chi connectivity index (χ0n) is 14.1. The van der Waals surface area contributed by atoms with E-state index in [-0.39, 0.29) is 12.5 Å². The van der Waals surface area contributed by atoms with Crippen molar-refractivity contribution in [1.82, 2.24) is 30.0 Å². The van der Waals surface area contributed by atoms with Gasteiger partial charge in [-0.2, -0.15) is 11.3 Å². The molecule has 0 bridgehead atoms. The molecule has 3 heterocycles. The van der Waals surface area contributed by atoms with E-state index in [1.807, 2.05) is 18.5 Å². The van der Waals surface area contributed by atoms with E-state index >= 15 is 0 Å². The van der Waals surface area contributed by atoms with Gasteiger partial charge in [-0.3, -0.25) is 9.69 Å². The Balaban J connectivity index is 1.57. The molecule has 1 aliphatic heterocycles. The minimum atomic E-state index is 0.0191. The second kappa shape index (κ2) is 8.34. The van der Waals surface area contributed by atoms with Crippen molar-refractivity contribution in [3.05, 3.63) is 28.2 Å². The predicted octanol–water partition coefficient (Wildman–Crippen LogP) is 1.77. The Kier molecular flexibility index (Phi) is 5.92. The topological polar surface area (TPSA) is 67.2 Å². The van der Waals surface area contributed by atoms with Crippen molar-refractivity contribution in [2.24, 2.45) is 0 Å². The van der Waals surface area contributed by atoms with Gasteiger partial charge >= 0.3 is 0 Å². The number of nitrogens with zero attached hydrogens (tertiary/aromatic N) is 6. The van der Waals surface area contributed by atoms with Crippen molar-refractivity contribution in [2.45, 2.75) is 45.3 Å². The summed E-state index contributed by atoms with van der Waals surface area (Å²) in [5.74, 6) is 0.791. The third kappa shape index (κ3) is 4.61.